The predicted octanol–water partition coefficient (Wildman–Crippen LogP) is 5.92. The number of rotatable bonds is 18. The lowest BCUT2D eigenvalue weighted by atomic mass is 9.56. The van der Waals surface area contributed by atoms with Gasteiger partial charge in [-0.15, -0.1) is 0 Å². The molecule has 0 aliphatic carbocycles. The lowest BCUT2D eigenvalue weighted by Crippen LogP contribution is -2.58. The zero-order valence-corrected chi connectivity index (χ0v) is 37.1. The molecular formula is C45H60N4O14. The first kappa shape index (κ1) is 48.4. The Morgan fingerprint density at radius 1 is 0.603 bits per heavy atom. The average Bonchev–Trinajstić information content (AvgIpc) is 3.75. The summed E-state index contributed by atoms with van der Waals surface area (Å²) >= 11 is 0. The van der Waals surface area contributed by atoms with Crippen LogP contribution in [0.4, 0.5) is 0 Å². The van der Waals surface area contributed by atoms with Gasteiger partial charge in [-0.2, -0.15) is 0 Å². The third-order valence-corrected chi connectivity index (χ3v) is 15.3. The molecule has 0 aromatic heterocycles. The fourth-order valence-corrected chi connectivity index (χ4v) is 11.8. The number of nitrogens with zero attached hydrogens (tertiary/aromatic N) is 3. The van der Waals surface area contributed by atoms with E-state index in [1.165, 1.54) is 0 Å². The maximum atomic E-state index is 13.1. The molecule has 0 saturated carbocycles. The van der Waals surface area contributed by atoms with Crippen LogP contribution < -0.4 is 5.32 Å². The molecule has 0 unspecified atom stereocenters. The minimum absolute atomic E-state index is 0.0464. The summed E-state index contributed by atoms with van der Waals surface area (Å²) in [6.45, 7) is 14.0. The molecule has 9 atom stereocenters. The Hall–Kier alpha value is -5.68. The van der Waals surface area contributed by atoms with Crippen LogP contribution in [0.25, 0.3) is 0 Å². The van der Waals surface area contributed by atoms with E-state index in [0.717, 1.165) is 0 Å². The van der Waals surface area contributed by atoms with E-state index >= 15 is 0 Å². The Morgan fingerprint density at radius 2 is 1.13 bits per heavy atom. The van der Waals surface area contributed by atoms with Gasteiger partial charge in [0, 0.05) is 99.5 Å². The van der Waals surface area contributed by atoms with Crippen molar-refractivity contribution in [2.75, 3.05) is 0 Å². The van der Waals surface area contributed by atoms with E-state index in [4.69, 9.17) is 15.0 Å². The van der Waals surface area contributed by atoms with Gasteiger partial charge >= 0.3 is 41.8 Å². The van der Waals surface area contributed by atoms with E-state index in [1.807, 2.05) is 13.8 Å². The number of fused-ring (bicyclic) bond motifs is 6. The first-order valence-electron chi connectivity index (χ1n) is 21.3. The molecule has 18 nitrogen and oxygen atoms in total. The van der Waals surface area contributed by atoms with Crippen molar-refractivity contribution in [3.8, 4) is 0 Å². The quantitative estimate of drug-likeness (QED) is 0.0792. The molecular weight excluding hydrogens is 821 g/mol. The van der Waals surface area contributed by atoms with Gasteiger partial charge in [0.05, 0.1) is 36.5 Å². The molecule has 18 heteroatoms. The number of hydrogen-bond donors (Lipinski definition) is 8. The van der Waals surface area contributed by atoms with Crippen LogP contribution in [-0.4, -0.2) is 106 Å². The molecule has 1 fully saturated rings. The highest BCUT2D eigenvalue weighted by atomic mass is 16.4. The predicted molar refractivity (Wildman–Crippen MR) is 227 cm³/mol. The van der Waals surface area contributed by atoms with Crippen LogP contribution in [0, 0.1) is 45.3 Å². The standard InChI is InChI=1S/C45H60N4O14/c1-21-36-24(10-13-30(52)53)41(3,4)28(47-36)18-27-23(9-12-29(50)51)43(6,19-34(60)61)39(46-27)22(2)37-25(11-14-31(54)55)44(7,20-35(62)63)45(8,49-37)40-26(17-33(58)59)42(5,38(21)48-40)16-15-32(56)57/h18,23-26,40,48H,9-17,19-20H2,1-8H3,(H,50,51)(H,52,53)(H,54,55)(H,56,57)(H,58,59)(H,60,61)(H,62,63)/b28-18-,38-21-,39-22-/t23-,24-,25-,26+,40-,42-,43+,44+,45+/m1/s1. The van der Waals surface area contributed by atoms with Gasteiger partial charge in [-0.05, 0) is 63.7 Å². The van der Waals surface area contributed by atoms with Crippen LogP contribution in [0.5, 0.6) is 0 Å². The van der Waals surface area contributed by atoms with Crippen molar-refractivity contribution in [2.45, 2.75) is 138 Å². The van der Waals surface area contributed by atoms with Gasteiger partial charge in [-0.3, -0.25) is 48.5 Å². The number of hydrogen-bond acceptors (Lipinski definition) is 11. The van der Waals surface area contributed by atoms with Crippen molar-refractivity contribution in [2.24, 2.45) is 60.3 Å². The summed E-state index contributed by atoms with van der Waals surface area (Å²) in [5.41, 5.74) is -3.67. The van der Waals surface area contributed by atoms with Crippen molar-refractivity contribution < 1.29 is 69.3 Å². The number of carboxylic acids is 7. The number of aliphatic imine (C=N–C) groups is 3. The summed E-state index contributed by atoms with van der Waals surface area (Å²) in [7, 11) is 0. The summed E-state index contributed by atoms with van der Waals surface area (Å²) in [6, 6.07) is -1.03. The maximum Gasteiger partial charge on any atom is 0.304 e. The minimum Gasteiger partial charge on any atom is -0.481 e. The van der Waals surface area contributed by atoms with Crippen LogP contribution >= 0.6 is 0 Å². The Balaban J connectivity index is 2.02. The van der Waals surface area contributed by atoms with Gasteiger partial charge in [0.1, 0.15) is 0 Å². The molecule has 63 heavy (non-hydrogen) atoms. The van der Waals surface area contributed by atoms with E-state index in [0.29, 0.717) is 34.0 Å². The largest absolute Gasteiger partial charge is 0.481 e. The molecule has 8 N–H and O–H groups in total. The molecule has 344 valence electrons. The fraction of sp³-hybridized carbons (Fsp3) is 0.644. The second kappa shape index (κ2) is 17.1. The molecule has 0 radical (unpaired) electrons. The van der Waals surface area contributed by atoms with Crippen LogP contribution in [0.1, 0.15) is 126 Å². The van der Waals surface area contributed by atoms with Crippen LogP contribution in [0.15, 0.2) is 49.3 Å². The van der Waals surface area contributed by atoms with Gasteiger partial charge in [-0.1, -0.05) is 34.6 Å². The number of carboxylic acid groups (broad SMARTS) is 7. The Morgan fingerprint density at radius 3 is 1.63 bits per heavy atom. The minimum atomic E-state index is -1.58. The third kappa shape index (κ3) is 8.56. The molecule has 8 bridgehead atoms. The summed E-state index contributed by atoms with van der Waals surface area (Å²) in [5, 5.41) is 75.2. The third-order valence-electron chi connectivity index (χ3n) is 15.3. The normalized spacial score (nSPS) is 36.2. The zero-order chi connectivity index (χ0) is 47.4. The van der Waals surface area contributed by atoms with Gasteiger partial charge in [0.25, 0.3) is 0 Å². The smallest absolute Gasteiger partial charge is 0.304 e. The zero-order valence-electron chi connectivity index (χ0n) is 37.1. The van der Waals surface area contributed by atoms with Crippen molar-refractivity contribution in [1.29, 1.82) is 0 Å². The molecule has 1 saturated heterocycles. The molecule has 0 spiro atoms. The topological polar surface area (TPSA) is 310 Å². The highest BCUT2D eigenvalue weighted by Gasteiger charge is 2.67. The first-order chi connectivity index (χ1) is 29.0. The monoisotopic (exact) mass is 880 g/mol. The van der Waals surface area contributed by atoms with Crippen LogP contribution in [0.2, 0.25) is 0 Å². The molecule has 5 rings (SSSR count). The molecule has 5 aliphatic heterocycles. The van der Waals surface area contributed by atoms with Crippen molar-refractivity contribution >= 4 is 58.9 Å². The number of nitrogens with one attached hydrogen (secondary N) is 1. The fourth-order valence-electron chi connectivity index (χ4n) is 11.8. The van der Waals surface area contributed by atoms with Gasteiger partial charge < -0.3 is 41.1 Å². The highest BCUT2D eigenvalue weighted by molar-refractivity contribution is 6.10. The number of aliphatic carboxylic acids is 7. The molecule has 0 amide bonds. The van der Waals surface area contributed by atoms with Gasteiger partial charge in [0.2, 0.25) is 0 Å². The van der Waals surface area contributed by atoms with Crippen molar-refractivity contribution in [3.63, 3.8) is 0 Å². The Bertz CT molecular complexity index is 2220. The first-order valence-corrected chi connectivity index (χ1v) is 21.3. The van der Waals surface area contributed by atoms with E-state index in [1.54, 1.807) is 47.6 Å². The van der Waals surface area contributed by atoms with E-state index in [9.17, 15) is 69.3 Å². The van der Waals surface area contributed by atoms with Crippen LogP contribution in [0.3, 0.4) is 0 Å². The molecule has 0 aromatic rings. The maximum absolute atomic E-state index is 13.1. The molecule has 5 heterocycles. The summed E-state index contributed by atoms with van der Waals surface area (Å²) in [4.78, 5) is 103. The second-order valence-corrected chi connectivity index (χ2v) is 19.5. The Labute approximate surface area is 365 Å². The van der Waals surface area contributed by atoms with Crippen molar-refractivity contribution in [1.82, 2.24) is 5.32 Å². The SMILES string of the molecule is C/C1=C2/N[C@H]([C@H](CC(=O)O)[C@@]2(C)CCC(=O)O)[C@]2(C)N=C(/C(C)=C3N=C(/C=C4N=C1[C@@H](CCC(=O)O)C\4(C)C)[C@@H](CCC(=O)O)[C@]\3(C)CC(=O)O)[C@@H](CCC(=O)O)[C@]2(C)CC(=O)O. The summed E-state index contributed by atoms with van der Waals surface area (Å²) in [5.74, 6) is -11.5. The van der Waals surface area contributed by atoms with Crippen molar-refractivity contribution in [3.05, 3.63) is 34.3 Å². The second-order valence-electron chi connectivity index (χ2n) is 19.5. The van der Waals surface area contributed by atoms with Gasteiger partial charge in [0.15, 0.2) is 0 Å². The van der Waals surface area contributed by atoms with E-state index in [-0.39, 0.29) is 56.4 Å². The van der Waals surface area contributed by atoms with E-state index < -0.39 is 124 Å². The number of carbonyl (C=O) groups is 7. The van der Waals surface area contributed by atoms with Gasteiger partial charge in [-0.25, -0.2) is 0 Å². The summed E-state index contributed by atoms with van der Waals surface area (Å²) < 4.78 is 0. The molecule has 5 aliphatic rings. The lowest BCUT2D eigenvalue weighted by Gasteiger charge is -2.48. The highest BCUT2D eigenvalue weighted by Crippen LogP contribution is 2.62. The van der Waals surface area contributed by atoms with E-state index in [2.05, 4.69) is 5.32 Å². The number of allylic oxidation sites excluding steroid dienone is 6. The summed E-state index contributed by atoms with van der Waals surface area (Å²) in [6.07, 6.45) is -1.48. The average molecular weight is 881 g/mol. The van der Waals surface area contributed by atoms with Crippen LogP contribution in [-0.2, 0) is 33.6 Å². The Kier molecular flexibility index (Phi) is 13.1. The lowest BCUT2D eigenvalue weighted by molar-refractivity contribution is -0.144. The molecule has 0 aromatic carbocycles.